The molecule has 1 heterocycles. The van der Waals surface area contributed by atoms with Crippen LogP contribution in [0.4, 0.5) is 4.39 Å². The Labute approximate surface area is 106 Å². The SMILES string of the molecule is NNC(c1ccco1)c1ccc(F)cc1I. The average molecular weight is 332 g/mol. The van der Waals surface area contributed by atoms with Gasteiger partial charge in [-0.05, 0) is 52.4 Å². The second kappa shape index (κ2) is 4.94. The number of rotatable bonds is 3. The summed E-state index contributed by atoms with van der Waals surface area (Å²) in [6, 6.07) is 7.92. The van der Waals surface area contributed by atoms with Crippen LogP contribution >= 0.6 is 22.6 Å². The number of halogens is 2. The molecule has 0 aliphatic heterocycles. The summed E-state index contributed by atoms with van der Waals surface area (Å²) in [6.45, 7) is 0. The lowest BCUT2D eigenvalue weighted by molar-refractivity contribution is 0.451. The van der Waals surface area contributed by atoms with Crippen LogP contribution in [0.15, 0.2) is 41.0 Å². The quantitative estimate of drug-likeness (QED) is 0.516. The molecule has 0 spiro atoms. The minimum atomic E-state index is -0.262. The van der Waals surface area contributed by atoms with Crippen LogP contribution in [0.2, 0.25) is 0 Å². The molecule has 1 unspecified atom stereocenters. The molecule has 5 heteroatoms. The first-order valence-corrected chi connectivity index (χ1v) is 5.74. The molecule has 0 radical (unpaired) electrons. The van der Waals surface area contributed by atoms with Crippen LogP contribution in [-0.4, -0.2) is 0 Å². The molecule has 0 amide bonds. The molecule has 2 rings (SSSR count). The van der Waals surface area contributed by atoms with E-state index in [1.54, 1.807) is 18.4 Å². The van der Waals surface area contributed by atoms with Crippen LogP contribution in [0.1, 0.15) is 17.4 Å². The van der Waals surface area contributed by atoms with E-state index in [4.69, 9.17) is 10.3 Å². The van der Waals surface area contributed by atoms with Crippen molar-refractivity contribution in [2.24, 2.45) is 5.84 Å². The van der Waals surface area contributed by atoms with E-state index < -0.39 is 0 Å². The predicted octanol–water partition coefficient (Wildman–Crippen LogP) is 2.58. The van der Waals surface area contributed by atoms with Gasteiger partial charge in [0.25, 0.3) is 0 Å². The standard InChI is InChI=1S/C11H10FIN2O/c12-7-3-4-8(9(13)6-7)11(15-14)10-2-1-5-16-10/h1-6,11,15H,14H2. The van der Waals surface area contributed by atoms with Crippen molar-refractivity contribution in [2.75, 3.05) is 0 Å². The fourth-order valence-electron chi connectivity index (χ4n) is 1.52. The van der Waals surface area contributed by atoms with Crippen molar-refractivity contribution in [1.29, 1.82) is 0 Å². The smallest absolute Gasteiger partial charge is 0.126 e. The number of nitrogens with two attached hydrogens (primary N) is 1. The third-order valence-corrected chi connectivity index (χ3v) is 3.20. The molecule has 0 saturated carbocycles. The van der Waals surface area contributed by atoms with Gasteiger partial charge >= 0.3 is 0 Å². The van der Waals surface area contributed by atoms with E-state index in [0.717, 1.165) is 9.13 Å². The number of nitrogens with one attached hydrogen (secondary N) is 1. The molecule has 0 aliphatic rings. The third-order valence-electron chi connectivity index (χ3n) is 2.27. The lowest BCUT2D eigenvalue weighted by Crippen LogP contribution is -2.29. The molecule has 0 fully saturated rings. The van der Waals surface area contributed by atoms with Gasteiger partial charge in [-0.15, -0.1) is 0 Å². The highest BCUT2D eigenvalue weighted by molar-refractivity contribution is 14.1. The fraction of sp³-hybridized carbons (Fsp3) is 0.0909. The Balaban J connectivity index is 2.41. The van der Waals surface area contributed by atoms with Crippen LogP contribution in [0.25, 0.3) is 0 Å². The third kappa shape index (κ3) is 2.26. The Bertz CT molecular complexity index is 473. The molecule has 3 N–H and O–H groups in total. The second-order valence-electron chi connectivity index (χ2n) is 3.28. The Morgan fingerprint density at radius 3 is 2.75 bits per heavy atom. The highest BCUT2D eigenvalue weighted by Gasteiger charge is 2.17. The van der Waals surface area contributed by atoms with Crippen LogP contribution in [0, 0.1) is 9.39 Å². The average Bonchev–Trinajstić information content (AvgIpc) is 2.75. The van der Waals surface area contributed by atoms with Crippen LogP contribution in [-0.2, 0) is 0 Å². The maximum absolute atomic E-state index is 13.0. The Hall–Kier alpha value is -0.920. The van der Waals surface area contributed by atoms with Gasteiger partial charge in [0, 0.05) is 3.57 Å². The van der Waals surface area contributed by atoms with Crippen molar-refractivity contribution in [3.05, 3.63) is 57.3 Å². The maximum Gasteiger partial charge on any atom is 0.126 e. The van der Waals surface area contributed by atoms with E-state index in [2.05, 4.69) is 28.0 Å². The zero-order valence-corrected chi connectivity index (χ0v) is 10.4. The van der Waals surface area contributed by atoms with E-state index in [0.29, 0.717) is 5.76 Å². The number of hydrogen-bond acceptors (Lipinski definition) is 3. The van der Waals surface area contributed by atoms with Gasteiger partial charge < -0.3 is 4.42 Å². The van der Waals surface area contributed by atoms with Crippen molar-refractivity contribution in [1.82, 2.24) is 5.43 Å². The zero-order valence-electron chi connectivity index (χ0n) is 8.28. The first-order valence-electron chi connectivity index (χ1n) is 4.67. The van der Waals surface area contributed by atoms with Gasteiger partial charge in [0.15, 0.2) is 0 Å². The Morgan fingerprint density at radius 1 is 1.38 bits per heavy atom. The monoisotopic (exact) mass is 332 g/mol. The number of hydrogen-bond donors (Lipinski definition) is 2. The van der Waals surface area contributed by atoms with Crippen molar-refractivity contribution in [3.63, 3.8) is 0 Å². The van der Waals surface area contributed by atoms with Crippen molar-refractivity contribution in [3.8, 4) is 0 Å². The fourth-order valence-corrected chi connectivity index (χ4v) is 2.31. The lowest BCUT2D eigenvalue weighted by atomic mass is 10.1. The van der Waals surface area contributed by atoms with Gasteiger partial charge in [0.05, 0.1) is 6.26 Å². The van der Waals surface area contributed by atoms with Crippen LogP contribution < -0.4 is 11.3 Å². The van der Waals surface area contributed by atoms with Gasteiger partial charge in [-0.3, -0.25) is 5.84 Å². The molecule has 2 aromatic rings. The van der Waals surface area contributed by atoms with Crippen molar-refractivity contribution >= 4 is 22.6 Å². The first kappa shape index (κ1) is 11.6. The van der Waals surface area contributed by atoms with Gasteiger partial charge in [-0.2, -0.15) is 0 Å². The van der Waals surface area contributed by atoms with E-state index >= 15 is 0 Å². The number of benzene rings is 1. The first-order chi connectivity index (χ1) is 7.72. The summed E-state index contributed by atoms with van der Waals surface area (Å²) in [5.41, 5.74) is 3.55. The normalized spacial score (nSPS) is 12.7. The molecular formula is C11H10FIN2O. The molecule has 1 atom stereocenters. The molecule has 3 nitrogen and oxygen atoms in total. The summed E-state index contributed by atoms with van der Waals surface area (Å²) in [5, 5.41) is 0. The van der Waals surface area contributed by atoms with Crippen LogP contribution in [0.5, 0.6) is 0 Å². The van der Waals surface area contributed by atoms with E-state index in [1.165, 1.54) is 12.1 Å². The Kier molecular flexibility index (Phi) is 3.57. The maximum atomic E-state index is 13.0. The molecule has 84 valence electrons. The Morgan fingerprint density at radius 2 is 2.19 bits per heavy atom. The van der Waals surface area contributed by atoms with Gasteiger partial charge in [0.2, 0.25) is 0 Å². The number of furan rings is 1. The highest BCUT2D eigenvalue weighted by atomic mass is 127. The molecule has 1 aromatic carbocycles. The highest BCUT2D eigenvalue weighted by Crippen LogP contribution is 2.26. The topological polar surface area (TPSA) is 51.2 Å². The summed E-state index contributed by atoms with van der Waals surface area (Å²) >= 11 is 2.07. The zero-order chi connectivity index (χ0) is 11.5. The largest absolute Gasteiger partial charge is 0.467 e. The second-order valence-corrected chi connectivity index (χ2v) is 4.44. The predicted molar refractivity (Wildman–Crippen MR) is 67.0 cm³/mol. The van der Waals surface area contributed by atoms with E-state index in [-0.39, 0.29) is 11.9 Å². The molecule has 0 aliphatic carbocycles. The van der Waals surface area contributed by atoms with Crippen LogP contribution in [0.3, 0.4) is 0 Å². The van der Waals surface area contributed by atoms with Crippen molar-refractivity contribution in [2.45, 2.75) is 6.04 Å². The summed E-state index contributed by atoms with van der Waals surface area (Å²) in [5.74, 6) is 5.94. The van der Waals surface area contributed by atoms with Crippen molar-refractivity contribution < 1.29 is 8.81 Å². The molecule has 0 saturated heterocycles. The molecule has 0 bridgehead atoms. The molecule has 16 heavy (non-hydrogen) atoms. The van der Waals surface area contributed by atoms with Gasteiger partial charge in [-0.25, -0.2) is 9.82 Å². The number of hydrazine groups is 1. The molecule has 1 aromatic heterocycles. The summed E-state index contributed by atoms with van der Waals surface area (Å²) < 4.78 is 19.1. The lowest BCUT2D eigenvalue weighted by Gasteiger charge is -2.15. The summed E-state index contributed by atoms with van der Waals surface area (Å²) in [4.78, 5) is 0. The molecular weight excluding hydrogens is 322 g/mol. The van der Waals surface area contributed by atoms with Gasteiger partial charge in [0.1, 0.15) is 17.6 Å². The van der Waals surface area contributed by atoms with Gasteiger partial charge in [-0.1, -0.05) is 6.07 Å². The van der Waals surface area contributed by atoms with E-state index in [9.17, 15) is 4.39 Å². The summed E-state index contributed by atoms with van der Waals surface area (Å²) in [6.07, 6.45) is 1.58. The summed E-state index contributed by atoms with van der Waals surface area (Å²) in [7, 11) is 0. The van der Waals surface area contributed by atoms with E-state index in [1.807, 2.05) is 6.07 Å². The minimum absolute atomic E-state index is 0.261. The minimum Gasteiger partial charge on any atom is -0.467 e.